The zero-order valence-corrected chi connectivity index (χ0v) is 25.0. The Balaban J connectivity index is 0.000000337. The molecule has 40 heavy (non-hydrogen) atoms. The Morgan fingerprint density at radius 3 is 2.30 bits per heavy atom. The van der Waals surface area contributed by atoms with Crippen LogP contribution in [0, 0.1) is 17.6 Å². The number of unbranched alkanes of at least 4 members (excludes halogenated alkanes) is 1. The first-order chi connectivity index (χ1) is 19.1. The van der Waals surface area contributed by atoms with Gasteiger partial charge in [-0.15, -0.1) is 0 Å². The molecule has 1 aliphatic rings. The molecule has 1 saturated carbocycles. The maximum Gasteiger partial charge on any atom is 0.254 e. The number of ether oxygens (including phenoxy) is 2. The molecule has 0 unspecified atom stereocenters. The zero-order valence-electron chi connectivity index (χ0n) is 25.0. The maximum atomic E-state index is 13.7. The largest absolute Gasteiger partial charge is 0.493 e. The van der Waals surface area contributed by atoms with E-state index in [0.29, 0.717) is 29.6 Å². The summed E-state index contributed by atoms with van der Waals surface area (Å²) in [7, 11) is 6.93. The van der Waals surface area contributed by atoms with Crippen LogP contribution in [0.3, 0.4) is 0 Å². The van der Waals surface area contributed by atoms with Gasteiger partial charge in [-0.3, -0.25) is 4.79 Å². The summed E-state index contributed by atoms with van der Waals surface area (Å²) in [6.45, 7) is 6.88. The third-order valence-electron chi connectivity index (χ3n) is 7.18. The first-order valence-electron chi connectivity index (χ1n) is 14.1. The van der Waals surface area contributed by atoms with E-state index in [1.165, 1.54) is 82.9 Å². The number of benzene rings is 2. The minimum atomic E-state index is -0.641. The van der Waals surface area contributed by atoms with Crippen LogP contribution in [0.2, 0.25) is 0 Å². The summed E-state index contributed by atoms with van der Waals surface area (Å²) in [5, 5.41) is 0. The second-order valence-electron chi connectivity index (χ2n) is 10.8. The van der Waals surface area contributed by atoms with Crippen molar-refractivity contribution in [2.75, 3.05) is 47.9 Å². The Morgan fingerprint density at radius 1 is 1.02 bits per heavy atom. The van der Waals surface area contributed by atoms with Gasteiger partial charge in [0.2, 0.25) is 0 Å². The van der Waals surface area contributed by atoms with Gasteiger partial charge in [-0.25, -0.2) is 8.78 Å². The molecule has 1 fully saturated rings. The molecule has 3 rings (SSSR count). The van der Waals surface area contributed by atoms with E-state index < -0.39 is 11.6 Å². The van der Waals surface area contributed by atoms with Gasteiger partial charge >= 0.3 is 0 Å². The molecule has 2 aromatic carbocycles. The van der Waals surface area contributed by atoms with Gasteiger partial charge < -0.3 is 25.0 Å². The molecule has 0 aliphatic heterocycles. The predicted molar refractivity (Wildman–Crippen MR) is 159 cm³/mol. The van der Waals surface area contributed by atoms with Gasteiger partial charge in [0.05, 0.1) is 14.2 Å². The van der Waals surface area contributed by atoms with E-state index in [-0.39, 0.29) is 11.5 Å². The first kappa shape index (κ1) is 33.2. The van der Waals surface area contributed by atoms with Gasteiger partial charge in [-0.2, -0.15) is 0 Å². The Kier molecular flexibility index (Phi) is 14.1. The number of hydrogen-bond donors (Lipinski definition) is 1. The molecule has 2 N–H and O–H groups in total. The number of likely N-dealkylation sites (N-methyl/N-ethyl adjacent to an activating group) is 1. The molecule has 1 amide bonds. The lowest BCUT2D eigenvalue weighted by molar-refractivity contribution is 0.0806. The number of hydrogen-bond acceptors (Lipinski definition) is 5. The highest BCUT2D eigenvalue weighted by Gasteiger charge is 2.19. The number of carbonyl (C=O) groups is 1. The topological polar surface area (TPSA) is 68.0 Å². The average Bonchev–Trinajstić information content (AvgIpc) is 2.94. The van der Waals surface area contributed by atoms with Crippen LogP contribution < -0.4 is 15.2 Å². The Morgan fingerprint density at radius 2 is 1.70 bits per heavy atom. The van der Waals surface area contributed by atoms with Gasteiger partial charge in [0, 0.05) is 43.4 Å². The summed E-state index contributed by atoms with van der Waals surface area (Å²) in [6.07, 6.45) is 9.41. The van der Waals surface area contributed by atoms with E-state index in [4.69, 9.17) is 15.2 Å². The molecule has 2 aromatic rings. The predicted octanol–water partition coefficient (Wildman–Crippen LogP) is 6.39. The van der Waals surface area contributed by atoms with Crippen molar-refractivity contribution in [3.63, 3.8) is 0 Å². The molecule has 0 aromatic heterocycles. The SMILES string of the molecule is CCCCN(C)CC1CCC(N)CC1.COc1ccc(C(=O)N(C)C/C(C)=C/c2ccc(F)cc2F)cc1OC. The molecule has 1 aliphatic carbocycles. The number of halogens is 2. The van der Waals surface area contributed by atoms with Crippen molar-refractivity contribution >= 4 is 12.0 Å². The quantitative estimate of drug-likeness (QED) is 0.345. The van der Waals surface area contributed by atoms with E-state index in [2.05, 4.69) is 18.9 Å². The third-order valence-corrected chi connectivity index (χ3v) is 7.18. The lowest BCUT2D eigenvalue weighted by Gasteiger charge is -2.29. The van der Waals surface area contributed by atoms with Crippen LogP contribution >= 0.6 is 0 Å². The fourth-order valence-electron chi connectivity index (χ4n) is 4.90. The highest BCUT2D eigenvalue weighted by Crippen LogP contribution is 2.28. The molecule has 0 spiro atoms. The summed E-state index contributed by atoms with van der Waals surface area (Å²) >= 11 is 0. The fourth-order valence-corrected chi connectivity index (χ4v) is 4.90. The number of rotatable bonds is 11. The molecule has 6 nitrogen and oxygen atoms in total. The van der Waals surface area contributed by atoms with Crippen LogP contribution in [-0.2, 0) is 0 Å². The van der Waals surface area contributed by atoms with Gasteiger partial charge in [0.1, 0.15) is 11.6 Å². The summed E-state index contributed by atoms with van der Waals surface area (Å²) < 4.78 is 37.1. The summed E-state index contributed by atoms with van der Waals surface area (Å²) in [4.78, 5) is 16.6. The number of nitrogens with zero attached hydrogens (tertiary/aromatic N) is 2. The van der Waals surface area contributed by atoms with Crippen LogP contribution in [0.25, 0.3) is 6.08 Å². The van der Waals surface area contributed by atoms with Gasteiger partial charge in [-0.1, -0.05) is 25.0 Å². The molecule has 0 heterocycles. The smallest absolute Gasteiger partial charge is 0.254 e. The minimum absolute atomic E-state index is 0.210. The molecule has 0 bridgehead atoms. The number of carbonyl (C=O) groups excluding carboxylic acids is 1. The van der Waals surface area contributed by atoms with Gasteiger partial charge in [0.25, 0.3) is 5.91 Å². The Bertz CT molecular complexity index is 1100. The van der Waals surface area contributed by atoms with Crippen molar-refractivity contribution in [3.05, 3.63) is 64.7 Å². The molecular formula is C32H47F2N3O3. The van der Waals surface area contributed by atoms with Gasteiger partial charge in [0.15, 0.2) is 11.5 Å². The van der Waals surface area contributed by atoms with Crippen LogP contribution in [0.1, 0.15) is 68.3 Å². The Labute approximate surface area is 239 Å². The standard InChI is InChI=1S/C20H21F2NO3.C12H26N2/c1-13(9-14-5-7-16(21)11-17(14)22)12-23(2)20(24)15-6-8-18(25-3)19(10-15)26-4;1-3-4-9-14(2)10-11-5-7-12(13)8-6-11/h5-11H,12H2,1-4H3;11-12H,3-10,13H2,1-2H3/b13-9+;. The molecule has 222 valence electrons. The van der Waals surface area contributed by atoms with Crippen molar-refractivity contribution in [1.82, 2.24) is 9.80 Å². The number of methoxy groups -OCH3 is 2. The summed E-state index contributed by atoms with van der Waals surface area (Å²) in [5.41, 5.74) is 7.37. The number of amides is 1. The first-order valence-corrected chi connectivity index (χ1v) is 14.1. The monoisotopic (exact) mass is 559 g/mol. The van der Waals surface area contributed by atoms with Crippen molar-refractivity contribution in [2.24, 2.45) is 11.7 Å². The number of nitrogens with two attached hydrogens (primary N) is 1. The van der Waals surface area contributed by atoms with E-state index in [9.17, 15) is 13.6 Å². The normalized spacial score (nSPS) is 17.2. The third kappa shape index (κ3) is 10.9. The van der Waals surface area contributed by atoms with E-state index in [0.717, 1.165) is 17.6 Å². The second kappa shape index (κ2) is 17.0. The molecule has 0 atom stereocenters. The molecule has 8 heteroatoms. The molecule has 0 saturated heterocycles. The Hall–Kier alpha value is -2.97. The summed E-state index contributed by atoms with van der Waals surface area (Å²) in [5.74, 6) is 0.438. The van der Waals surface area contributed by atoms with Gasteiger partial charge in [-0.05, 0) is 88.9 Å². The van der Waals surface area contributed by atoms with Crippen molar-refractivity contribution in [2.45, 2.75) is 58.4 Å². The highest BCUT2D eigenvalue weighted by molar-refractivity contribution is 5.95. The van der Waals surface area contributed by atoms with Crippen molar-refractivity contribution in [1.29, 1.82) is 0 Å². The maximum absolute atomic E-state index is 13.7. The van der Waals surface area contributed by atoms with Crippen LogP contribution in [0.5, 0.6) is 11.5 Å². The highest BCUT2D eigenvalue weighted by atomic mass is 19.1. The van der Waals surface area contributed by atoms with E-state index >= 15 is 0 Å². The van der Waals surface area contributed by atoms with Crippen molar-refractivity contribution < 1.29 is 23.0 Å². The lowest BCUT2D eigenvalue weighted by atomic mass is 9.86. The molecule has 0 radical (unpaired) electrons. The van der Waals surface area contributed by atoms with Crippen LogP contribution in [0.4, 0.5) is 8.78 Å². The van der Waals surface area contributed by atoms with Crippen molar-refractivity contribution in [3.8, 4) is 11.5 Å². The average molecular weight is 560 g/mol. The van der Waals surface area contributed by atoms with E-state index in [1.54, 1.807) is 38.2 Å². The van der Waals surface area contributed by atoms with Crippen LogP contribution in [-0.4, -0.2) is 69.7 Å². The summed E-state index contributed by atoms with van der Waals surface area (Å²) in [6, 6.07) is 8.81. The fraction of sp³-hybridized carbons (Fsp3) is 0.531. The van der Waals surface area contributed by atoms with Crippen LogP contribution in [0.15, 0.2) is 42.0 Å². The lowest BCUT2D eigenvalue weighted by Crippen LogP contribution is -2.33. The second-order valence-corrected chi connectivity index (χ2v) is 10.8. The minimum Gasteiger partial charge on any atom is -0.493 e. The van der Waals surface area contributed by atoms with E-state index in [1.807, 2.05) is 0 Å². The molecular weight excluding hydrogens is 512 g/mol. The zero-order chi connectivity index (χ0) is 29.7.